The number of ether oxygens (including phenoxy) is 3. The summed E-state index contributed by atoms with van der Waals surface area (Å²) in [5.41, 5.74) is 1.04. The van der Waals surface area contributed by atoms with Gasteiger partial charge in [0.05, 0.1) is 26.4 Å². The fourth-order valence-electron chi connectivity index (χ4n) is 3.62. The van der Waals surface area contributed by atoms with Crippen molar-refractivity contribution in [3.8, 4) is 17.2 Å². The monoisotopic (exact) mass is 398 g/mol. The molecule has 1 aliphatic rings. The number of rotatable bonds is 9. The summed E-state index contributed by atoms with van der Waals surface area (Å²) in [7, 11) is 1.67. The molecule has 1 amide bonds. The molecule has 0 aliphatic carbocycles. The van der Waals surface area contributed by atoms with E-state index < -0.39 is 0 Å². The third-order valence-electron chi connectivity index (χ3n) is 5.00. The average Bonchev–Trinajstić information content (AvgIpc) is 2.77. The molecule has 156 valence electrons. The first-order valence-corrected chi connectivity index (χ1v) is 10.2. The molecule has 1 atom stereocenters. The van der Waals surface area contributed by atoms with Crippen molar-refractivity contribution in [1.82, 2.24) is 10.2 Å². The van der Waals surface area contributed by atoms with Crippen LogP contribution in [0.5, 0.6) is 17.2 Å². The normalized spacial score (nSPS) is 16.3. The molecular weight excluding hydrogens is 368 g/mol. The van der Waals surface area contributed by atoms with Gasteiger partial charge in [-0.2, -0.15) is 0 Å². The van der Waals surface area contributed by atoms with Crippen molar-refractivity contribution >= 4 is 5.91 Å². The van der Waals surface area contributed by atoms with Gasteiger partial charge in [-0.05, 0) is 31.5 Å². The van der Waals surface area contributed by atoms with Gasteiger partial charge in [0.25, 0.3) is 0 Å². The molecule has 6 nitrogen and oxygen atoms in total. The number of nitrogens with one attached hydrogen (secondary N) is 1. The number of methoxy groups -OCH3 is 1. The molecule has 1 unspecified atom stereocenters. The smallest absolute Gasteiger partial charge is 0.223 e. The molecule has 6 heteroatoms. The summed E-state index contributed by atoms with van der Waals surface area (Å²) >= 11 is 0. The number of hydrogen-bond donors (Lipinski definition) is 1. The van der Waals surface area contributed by atoms with E-state index in [9.17, 15) is 4.79 Å². The molecule has 29 heavy (non-hydrogen) atoms. The zero-order valence-electron chi connectivity index (χ0n) is 17.2. The lowest BCUT2D eigenvalue weighted by Gasteiger charge is -2.37. The van der Waals surface area contributed by atoms with Crippen molar-refractivity contribution in [2.24, 2.45) is 0 Å². The Kier molecular flexibility index (Phi) is 7.76. The van der Waals surface area contributed by atoms with Crippen LogP contribution < -0.4 is 19.5 Å². The Morgan fingerprint density at radius 3 is 2.48 bits per heavy atom. The number of benzene rings is 2. The Hall–Kier alpha value is -2.73. The first-order valence-electron chi connectivity index (χ1n) is 10.2. The van der Waals surface area contributed by atoms with Crippen LogP contribution in [0.4, 0.5) is 0 Å². The average molecular weight is 399 g/mol. The van der Waals surface area contributed by atoms with Crippen LogP contribution in [0.25, 0.3) is 0 Å². The van der Waals surface area contributed by atoms with E-state index in [-0.39, 0.29) is 11.9 Å². The predicted molar refractivity (Wildman–Crippen MR) is 113 cm³/mol. The highest BCUT2D eigenvalue weighted by molar-refractivity contribution is 5.77. The Morgan fingerprint density at radius 2 is 1.76 bits per heavy atom. The van der Waals surface area contributed by atoms with Crippen molar-refractivity contribution in [2.75, 3.05) is 40.0 Å². The number of nitrogens with zero attached hydrogens (tertiary/aromatic N) is 1. The molecule has 0 saturated carbocycles. The molecule has 1 heterocycles. The maximum Gasteiger partial charge on any atom is 0.223 e. The van der Waals surface area contributed by atoms with Crippen LogP contribution in [0, 0.1) is 0 Å². The van der Waals surface area contributed by atoms with Crippen molar-refractivity contribution in [2.45, 2.75) is 25.8 Å². The molecule has 2 aromatic rings. The molecular formula is C23H30N2O4. The molecule has 1 saturated heterocycles. The van der Waals surface area contributed by atoms with Crippen molar-refractivity contribution in [1.29, 1.82) is 0 Å². The zero-order valence-corrected chi connectivity index (χ0v) is 17.2. The van der Waals surface area contributed by atoms with E-state index in [1.165, 1.54) is 0 Å². The van der Waals surface area contributed by atoms with Crippen molar-refractivity contribution < 1.29 is 19.0 Å². The third kappa shape index (κ3) is 5.41. The molecule has 0 radical (unpaired) electrons. The summed E-state index contributed by atoms with van der Waals surface area (Å²) in [5.74, 6) is 2.41. The van der Waals surface area contributed by atoms with Crippen molar-refractivity contribution in [3.63, 3.8) is 0 Å². The van der Waals surface area contributed by atoms with E-state index in [0.29, 0.717) is 32.6 Å². The van der Waals surface area contributed by atoms with Gasteiger partial charge in [0, 0.05) is 31.6 Å². The van der Waals surface area contributed by atoms with E-state index in [2.05, 4.69) is 5.32 Å². The summed E-state index contributed by atoms with van der Waals surface area (Å²) < 4.78 is 16.9. The highest BCUT2D eigenvalue weighted by Gasteiger charge is 2.29. The number of hydrogen-bond acceptors (Lipinski definition) is 5. The minimum Gasteiger partial charge on any atom is -0.496 e. The molecule has 0 aromatic heterocycles. The zero-order chi connectivity index (χ0) is 20.5. The molecule has 1 N–H and O–H groups in total. The summed E-state index contributed by atoms with van der Waals surface area (Å²) in [6.07, 6.45) is 1.10. The Morgan fingerprint density at radius 1 is 1.07 bits per heavy atom. The molecule has 1 aliphatic heterocycles. The minimum atomic E-state index is -0.0213. The lowest BCUT2D eigenvalue weighted by molar-refractivity contribution is -0.134. The summed E-state index contributed by atoms with van der Waals surface area (Å²) in [4.78, 5) is 14.9. The van der Waals surface area contributed by atoms with E-state index in [4.69, 9.17) is 14.2 Å². The van der Waals surface area contributed by atoms with Gasteiger partial charge in [-0.1, -0.05) is 30.3 Å². The molecule has 0 bridgehead atoms. The topological polar surface area (TPSA) is 60.0 Å². The Bertz CT molecular complexity index is 796. The SMILES string of the molecule is CCOc1ccccc1OCCCC(=O)N1CCNCC1c1ccccc1OC. The van der Waals surface area contributed by atoms with Crippen LogP contribution in [-0.4, -0.2) is 50.8 Å². The first kappa shape index (κ1) is 21.0. The van der Waals surface area contributed by atoms with Gasteiger partial charge in [-0.3, -0.25) is 4.79 Å². The third-order valence-corrected chi connectivity index (χ3v) is 5.00. The lowest BCUT2D eigenvalue weighted by Crippen LogP contribution is -2.48. The van der Waals surface area contributed by atoms with Crippen LogP contribution in [-0.2, 0) is 4.79 Å². The van der Waals surface area contributed by atoms with Gasteiger partial charge in [0.1, 0.15) is 5.75 Å². The molecule has 0 spiro atoms. The molecule has 3 rings (SSSR count). The number of carbonyl (C=O) groups excluding carboxylic acids is 1. The summed E-state index contributed by atoms with van der Waals surface area (Å²) in [6.45, 7) is 5.23. The second kappa shape index (κ2) is 10.7. The van der Waals surface area contributed by atoms with Crippen LogP contribution >= 0.6 is 0 Å². The maximum absolute atomic E-state index is 12.9. The Labute approximate surface area is 172 Å². The van der Waals surface area contributed by atoms with Crippen LogP contribution in [0.15, 0.2) is 48.5 Å². The fraction of sp³-hybridized carbons (Fsp3) is 0.435. The van der Waals surface area contributed by atoms with Crippen LogP contribution in [0.1, 0.15) is 31.4 Å². The van der Waals surface area contributed by atoms with E-state index >= 15 is 0 Å². The predicted octanol–water partition coefficient (Wildman–Crippen LogP) is 3.43. The first-order chi connectivity index (χ1) is 14.2. The van der Waals surface area contributed by atoms with Crippen molar-refractivity contribution in [3.05, 3.63) is 54.1 Å². The number of piperazine rings is 1. The molecule has 2 aromatic carbocycles. The highest BCUT2D eigenvalue weighted by atomic mass is 16.5. The lowest BCUT2D eigenvalue weighted by atomic mass is 10.0. The highest BCUT2D eigenvalue weighted by Crippen LogP contribution is 2.31. The van der Waals surface area contributed by atoms with E-state index in [1.807, 2.05) is 60.4 Å². The van der Waals surface area contributed by atoms with Gasteiger partial charge in [0.15, 0.2) is 11.5 Å². The molecule has 1 fully saturated rings. The number of amides is 1. The van der Waals surface area contributed by atoms with Crippen LogP contribution in [0.2, 0.25) is 0 Å². The van der Waals surface area contributed by atoms with E-state index in [0.717, 1.165) is 35.9 Å². The fourth-order valence-corrected chi connectivity index (χ4v) is 3.62. The minimum absolute atomic E-state index is 0.0213. The largest absolute Gasteiger partial charge is 0.496 e. The Balaban J connectivity index is 1.56. The number of para-hydroxylation sites is 3. The summed E-state index contributed by atoms with van der Waals surface area (Å²) in [6, 6.07) is 15.5. The van der Waals surface area contributed by atoms with Gasteiger partial charge in [-0.15, -0.1) is 0 Å². The van der Waals surface area contributed by atoms with Gasteiger partial charge in [-0.25, -0.2) is 0 Å². The summed E-state index contributed by atoms with van der Waals surface area (Å²) in [5, 5.41) is 3.39. The second-order valence-electron chi connectivity index (χ2n) is 6.88. The quantitative estimate of drug-likeness (QED) is 0.656. The van der Waals surface area contributed by atoms with Crippen LogP contribution in [0.3, 0.4) is 0 Å². The second-order valence-corrected chi connectivity index (χ2v) is 6.88. The van der Waals surface area contributed by atoms with Gasteiger partial charge in [0.2, 0.25) is 5.91 Å². The maximum atomic E-state index is 12.9. The van der Waals surface area contributed by atoms with E-state index in [1.54, 1.807) is 7.11 Å². The standard InChI is InChI=1S/C23H30N2O4/c1-3-28-21-11-6-7-12-22(21)29-16-8-13-23(26)25-15-14-24-17-19(25)18-9-4-5-10-20(18)27-2/h4-7,9-12,19,24H,3,8,13-17H2,1-2H3. The van der Waals surface area contributed by atoms with Gasteiger partial charge < -0.3 is 24.4 Å². The van der Waals surface area contributed by atoms with Gasteiger partial charge >= 0.3 is 0 Å². The number of carbonyl (C=O) groups is 1.